The highest BCUT2D eigenvalue weighted by atomic mass is 32.2. The van der Waals surface area contributed by atoms with Crippen LogP contribution >= 0.6 is 0 Å². The fourth-order valence-electron chi connectivity index (χ4n) is 1.41. The maximum absolute atomic E-state index is 11.4. The van der Waals surface area contributed by atoms with Gasteiger partial charge < -0.3 is 11.1 Å². The van der Waals surface area contributed by atoms with E-state index in [1.54, 1.807) is 6.92 Å². The average Bonchev–Trinajstić information content (AvgIpc) is 2.45. The Morgan fingerprint density at radius 2 is 2.27 bits per heavy atom. The lowest BCUT2D eigenvalue weighted by molar-refractivity contribution is -0.121. The van der Waals surface area contributed by atoms with Gasteiger partial charge in [-0.1, -0.05) is 0 Å². The third kappa shape index (κ3) is 3.44. The first kappa shape index (κ1) is 12.4. The van der Waals surface area contributed by atoms with Gasteiger partial charge in [0.15, 0.2) is 0 Å². The fraction of sp³-hybridized carbons (Fsp3) is 0.875. The summed E-state index contributed by atoms with van der Waals surface area (Å²) in [6, 6.07) is -0.122. The molecule has 1 atom stereocenters. The topological polar surface area (TPSA) is 92.5 Å². The van der Waals surface area contributed by atoms with Crippen LogP contribution in [-0.2, 0) is 14.8 Å². The maximum atomic E-state index is 11.4. The molecule has 1 fully saturated rings. The molecule has 0 saturated carbocycles. The zero-order valence-electron chi connectivity index (χ0n) is 8.77. The van der Waals surface area contributed by atoms with Crippen molar-refractivity contribution in [1.82, 2.24) is 9.62 Å². The molecule has 0 bridgehead atoms. The molecule has 0 radical (unpaired) electrons. The van der Waals surface area contributed by atoms with Gasteiger partial charge in [0.1, 0.15) is 0 Å². The molecule has 15 heavy (non-hydrogen) atoms. The van der Waals surface area contributed by atoms with E-state index in [-0.39, 0.29) is 24.2 Å². The molecule has 3 N–H and O–H groups in total. The molecule has 0 aliphatic carbocycles. The smallest absolute Gasteiger partial charge is 0.235 e. The van der Waals surface area contributed by atoms with Crippen molar-refractivity contribution in [2.45, 2.75) is 19.4 Å². The quantitative estimate of drug-likeness (QED) is 0.619. The van der Waals surface area contributed by atoms with E-state index in [0.717, 1.165) is 0 Å². The summed E-state index contributed by atoms with van der Waals surface area (Å²) in [6.07, 6.45) is 0.599. The second kappa shape index (κ2) is 4.91. The number of carbonyl (C=O) groups is 1. The molecule has 88 valence electrons. The van der Waals surface area contributed by atoms with E-state index in [1.165, 1.54) is 4.31 Å². The zero-order valence-corrected chi connectivity index (χ0v) is 9.59. The lowest BCUT2D eigenvalue weighted by atomic mass is 10.3. The summed E-state index contributed by atoms with van der Waals surface area (Å²) in [4.78, 5) is 11.4. The Kier molecular flexibility index (Phi) is 4.06. The third-order valence-electron chi connectivity index (χ3n) is 2.28. The highest BCUT2D eigenvalue weighted by Gasteiger charge is 2.29. The Hall–Kier alpha value is -0.660. The molecule has 6 nitrogen and oxygen atoms in total. The van der Waals surface area contributed by atoms with E-state index < -0.39 is 10.0 Å². The van der Waals surface area contributed by atoms with Crippen LogP contribution in [0.25, 0.3) is 0 Å². The summed E-state index contributed by atoms with van der Waals surface area (Å²) >= 11 is 0. The number of amides is 1. The summed E-state index contributed by atoms with van der Waals surface area (Å²) in [6.45, 7) is 2.47. The average molecular weight is 235 g/mol. The van der Waals surface area contributed by atoms with Crippen LogP contribution in [-0.4, -0.2) is 50.1 Å². The minimum atomic E-state index is -3.18. The van der Waals surface area contributed by atoms with Crippen molar-refractivity contribution in [1.29, 1.82) is 0 Å². The number of nitrogens with zero attached hydrogens (tertiary/aromatic N) is 1. The minimum Gasteiger partial charge on any atom is -0.351 e. The number of carbonyl (C=O) groups excluding carboxylic acids is 1. The predicted molar refractivity (Wildman–Crippen MR) is 56.6 cm³/mol. The molecule has 1 aliphatic heterocycles. The normalized spacial score (nSPS) is 22.5. The van der Waals surface area contributed by atoms with Crippen LogP contribution in [0.1, 0.15) is 13.3 Å². The number of hydrogen-bond acceptors (Lipinski definition) is 4. The Labute approximate surface area is 89.9 Å². The van der Waals surface area contributed by atoms with Crippen molar-refractivity contribution >= 4 is 15.9 Å². The zero-order chi connectivity index (χ0) is 11.5. The molecule has 0 aromatic carbocycles. The number of nitrogens with one attached hydrogen (secondary N) is 1. The molecule has 1 saturated heterocycles. The Balaban J connectivity index is 2.45. The van der Waals surface area contributed by atoms with Gasteiger partial charge in [0.2, 0.25) is 15.9 Å². The molecule has 0 aromatic heterocycles. The van der Waals surface area contributed by atoms with Crippen LogP contribution < -0.4 is 11.1 Å². The molecule has 1 aliphatic rings. The summed E-state index contributed by atoms with van der Waals surface area (Å²) in [5.74, 6) is -0.148. The van der Waals surface area contributed by atoms with Crippen LogP contribution in [0.5, 0.6) is 0 Å². The number of nitrogens with two attached hydrogens (primary N) is 1. The van der Waals surface area contributed by atoms with Crippen LogP contribution in [0, 0.1) is 0 Å². The van der Waals surface area contributed by atoms with Crippen LogP contribution in [0.15, 0.2) is 0 Å². The first-order valence-electron chi connectivity index (χ1n) is 4.93. The Morgan fingerprint density at radius 3 is 2.73 bits per heavy atom. The number of rotatable bonds is 4. The highest BCUT2D eigenvalue weighted by Crippen LogP contribution is 2.12. The monoisotopic (exact) mass is 235 g/mol. The van der Waals surface area contributed by atoms with Gasteiger partial charge in [-0.05, 0) is 13.3 Å². The Morgan fingerprint density at radius 1 is 1.60 bits per heavy atom. The second-order valence-electron chi connectivity index (χ2n) is 3.71. The van der Waals surface area contributed by atoms with Gasteiger partial charge in [0.05, 0.1) is 12.3 Å². The molecule has 0 unspecified atom stereocenters. The SMILES string of the molecule is C[C@@H](CN)NC(=O)CN1CCCS1(=O)=O. The third-order valence-corrected chi connectivity index (χ3v) is 4.19. The van der Waals surface area contributed by atoms with Crippen LogP contribution in [0.3, 0.4) is 0 Å². The molecule has 7 heteroatoms. The molecule has 1 amide bonds. The van der Waals surface area contributed by atoms with Crippen molar-refractivity contribution in [3.05, 3.63) is 0 Å². The van der Waals surface area contributed by atoms with Gasteiger partial charge in [-0.2, -0.15) is 4.31 Å². The first-order chi connectivity index (χ1) is 6.95. The number of sulfonamides is 1. The van der Waals surface area contributed by atoms with Gasteiger partial charge >= 0.3 is 0 Å². The molecule has 0 aromatic rings. The molecule has 1 rings (SSSR count). The van der Waals surface area contributed by atoms with Crippen molar-refractivity contribution in [2.24, 2.45) is 5.73 Å². The van der Waals surface area contributed by atoms with Crippen molar-refractivity contribution < 1.29 is 13.2 Å². The van der Waals surface area contributed by atoms with Gasteiger partial charge in [-0.25, -0.2) is 8.42 Å². The largest absolute Gasteiger partial charge is 0.351 e. The van der Waals surface area contributed by atoms with Gasteiger partial charge in [0, 0.05) is 19.1 Å². The fourth-order valence-corrected chi connectivity index (χ4v) is 2.88. The Bertz CT molecular complexity index is 328. The first-order valence-corrected chi connectivity index (χ1v) is 6.54. The van der Waals surface area contributed by atoms with E-state index in [2.05, 4.69) is 5.32 Å². The number of hydrogen-bond donors (Lipinski definition) is 2. The standard InChI is InChI=1S/C8H17N3O3S/c1-7(5-9)10-8(12)6-11-3-2-4-15(11,13)14/h7H,2-6,9H2,1H3,(H,10,12)/t7-/m0/s1. The summed E-state index contributed by atoms with van der Waals surface area (Å²) in [7, 11) is -3.18. The van der Waals surface area contributed by atoms with Crippen molar-refractivity contribution in [3.8, 4) is 0 Å². The van der Waals surface area contributed by atoms with Gasteiger partial charge in [-0.3, -0.25) is 4.79 Å². The van der Waals surface area contributed by atoms with Crippen LogP contribution in [0.2, 0.25) is 0 Å². The second-order valence-corrected chi connectivity index (χ2v) is 5.80. The predicted octanol–water partition coefficient (Wildman–Crippen LogP) is -1.51. The molecule has 1 heterocycles. The van der Waals surface area contributed by atoms with E-state index in [9.17, 15) is 13.2 Å². The molecular formula is C8H17N3O3S. The van der Waals surface area contributed by atoms with E-state index in [1.807, 2.05) is 0 Å². The van der Waals surface area contributed by atoms with Crippen molar-refractivity contribution in [2.75, 3.05) is 25.4 Å². The van der Waals surface area contributed by atoms with E-state index in [4.69, 9.17) is 5.73 Å². The maximum Gasteiger partial charge on any atom is 0.235 e. The highest BCUT2D eigenvalue weighted by molar-refractivity contribution is 7.89. The molecule has 0 spiro atoms. The summed E-state index contributed by atoms with van der Waals surface area (Å²) < 4.78 is 24.0. The summed E-state index contributed by atoms with van der Waals surface area (Å²) in [5, 5.41) is 2.62. The lowest BCUT2D eigenvalue weighted by Crippen LogP contribution is -2.44. The minimum absolute atomic E-state index is 0.0906. The molecular weight excluding hydrogens is 218 g/mol. The van der Waals surface area contributed by atoms with E-state index >= 15 is 0 Å². The van der Waals surface area contributed by atoms with Gasteiger partial charge in [-0.15, -0.1) is 0 Å². The van der Waals surface area contributed by atoms with Crippen LogP contribution in [0.4, 0.5) is 0 Å². The summed E-state index contributed by atoms with van der Waals surface area (Å²) in [5.41, 5.74) is 5.34. The van der Waals surface area contributed by atoms with E-state index in [0.29, 0.717) is 19.5 Å². The lowest BCUT2D eigenvalue weighted by Gasteiger charge is -2.16. The van der Waals surface area contributed by atoms with Crippen molar-refractivity contribution in [3.63, 3.8) is 0 Å². The van der Waals surface area contributed by atoms with Gasteiger partial charge in [0.25, 0.3) is 0 Å².